The summed E-state index contributed by atoms with van der Waals surface area (Å²) >= 11 is 0. The van der Waals surface area contributed by atoms with E-state index < -0.39 is 12.1 Å². The number of carboxylic acids is 1. The molecule has 2 unspecified atom stereocenters. The third kappa shape index (κ3) is 3.88. The number of pyridine rings is 1. The maximum absolute atomic E-state index is 12.3. The normalized spacial score (nSPS) is 22.5. The van der Waals surface area contributed by atoms with Crippen molar-refractivity contribution in [1.29, 1.82) is 0 Å². The summed E-state index contributed by atoms with van der Waals surface area (Å²) in [6.45, 7) is 2.90. The van der Waals surface area contributed by atoms with Crippen LogP contribution in [-0.2, 0) is 4.79 Å². The van der Waals surface area contributed by atoms with Gasteiger partial charge < -0.3 is 15.1 Å². The zero-order valence-electron chi connectivity index (χ0n) is 11.8. The lowest BCUT2D eigenvalue weighted by Gasteiger charge is -2.34. The summed E-state index contributed by atoms with van der Waals surface area (Å²) in [4.78, 5) is 28.3. The Hall–Kier alpha value is -2.21. The maximum atomic E-state index is 12.3. The Balaban J connectivity index is 2.05. The number of nitrogens with zero attached hydrogens (tertiary/aromatic N) is 2. The average molecular weight is 290 g/mol. The quantitative estimate of drug-likeness (QED) is 0.811. The molecule has 0 aromatic carbocycles. The molecule has 2 atom stereocenters. The van der Waals surface area contributed by atoms with Crippen LogP contribution in [-0.4, -0.2) is 51.2 Å². The van der Waals surface area contributed by atoms with E-state index >= 15 is 0 Å². The van der Waals surface area contributed by atoms with Crippen molar-refractivity contribution >= 4 is 18.0 Å². The van der Waals surface area contributed by atoms with Gasteiger partial charge in [0.15, 0.2) is 0 Å². The lowest BCUT2D eigenvalue weighted by molar-refractivity contribution is -0.131. The average Bonchev–Trinajstić information content (AvgIpc) is 2.48. The van der Waals surface area contributed by atoms with Crippen LogP contribution in [0, 0.1) is 5.92 Å². The van der Waals surface area contributed by atoms with Gasteiger partial charge in [-0.25, -0.2) is 4.79 Å². The van der Waals surface area contributed by atoms with Crippen LogP contribution in [0.25, 0.3) is 6.08 Å². The number of piperidine rings is 1. The van der Waals surface area contributed by atoms with E-state index in [0.29, 0.717) is 24.3 Å². The standard InChI is InChI=1S/C15H18N2O4/c1-10-6-7-17(9-13(10)18)15(21)12-4-2-11(8-16-12)3-5-14(19)20/h2-5,8,10,13,18H,6-7,9H2,1H3,(H,19,20)/b5-3+. The van der Waals surface area contributed by atoms with Crippen molar-refractivity contribution in [3.63, 3.8) is 0 Å². The zero-order valence-corrected chi connectivity index (χ0v) is 11.8. The summed E-state index contributed by atoms with van der Waals surface area (Å²) < 4.78 is 0. The van der Waals surface area contributed by atoms with Gasteiger partial charge in [0.25, 0.3) is 5.91 Å². The molecule has 1 amide bonds. The molecule has 1 aliphatic heterocycles. The molecule has 0 radical (unpaired) electrons. The SMILES string of the molecule is CC1CCN(C(=O)c2ccc(/C=C/C(=O)O)cn2)CC1O. The molecule has 1 aromatic rings. The van der Waals surface area contributed by atoms with Gasteiger partial charge in [-0.1, -0.05) is 13.0 Å². The largest absolute Gasteiger partial charge is 0.478 e. The molecule has 2 rings (SSSR count). The topological polar surface area (TPSA) is 90.7 Å². The summed E-state index contributed by atoms with van der Waals surface area (Å²) in [6, 6.07) is 3.21. The summed E-state index contributed by atoms with van der Waals surface area (Å²) in [6.07, 6.45) is 4.15. The van der Waals surface area contributed by atoms with Gasteiger partial charge in [-0.2, -0.15) is 0 Å². The molecule has 0 spiro atoms. The van der Waals surface area contributed by atoms with E-state index in [2.05, 4.69) is 4.98 Å². The number of rotatable bonds is 3. The van der Waals surface area contributed by atoms with Gasteiger partial charge >= 0.3 is 5.97 Å². The number of amides is 1. The van der Waals surface area contributed by atoms with E-state index in [-0.39, 0.29) is 11.8 Å². The zero-order chi connectivity index (χ0) is 15.4. The first-order valence-electron chi connectivity index (χ1n) is 6.82. The number of β-amino-alcohol motifs (C(OH)–C–C–N with tert-alkyl or cyclic N) is 1. The highest BCUT2D eigenvalue weighted by Crippen LogP contribution is 2.18. The molecular weight excluding hydrogens is 272 g/mol. The van der Waals surface area contributed by atoms with Crippen LogP contribution in [0.3, 0.4) is 0 Å². The molecular formula is C15H18N2O4. The van der Waals surface area contributed by atoms with Crippen molar-refractivity contribution < 1.29 is 19.8 Å². The van der Waals surface area contributed by atoms with Gasteiger partial charge in [-0.3, -0.25) is 9.78 Å². The van der Waals surface area contributed by atoms with Crippen molar-refractivity contribution in [2.45, 2.75) is 19.4 Å². The summed E-state index contributed by atoms with van der Waals surface area (Å²) in [7, 11) is 0. The minimum Gasteiger partial charge on any atom is -0.478 e. The molecule has 2 N–H and O–H groups in total. The number of aliphatic hydroxyl groups is 1. The van der Waals surface area contributed by atoms with Crippen molar-refractivity contribution in [2.75, 3.05) is 13.1 Å². The Kier molecular flexibility index (Phi) is 4.70. The lowest BCUT2D eigenvalue weighted by atomic mass is 9.96. The molecule has 1 aromatic heterocycles. The maximum Gasteiger partial charge on any atom is 0.328 e. The van der Waals surface area contributed by atoms with Gasteiger partial charge in [0.1, 0.15) is 5.69 Å². The fourth-order valence-corrected chi connectivity index (χ4v) is 2.19. The molecule has 2 heterocycles. The summed E-state index contributed by atoms with van der Waals surface area (Å²) in [5, 5.41) is 18.4. The Morgan fingerprint density at radius 3 is 2.76 bits per heavy atom. The van der Waals surface area contributed by atoms with E-state index in [1.54, 1.807) is 17.0 Å². The smallest absolute Gasteiger partial charge is 0.328 e. The first-order chi connectivity index (χ1) is 9.97. The fourth-order valence-electron chi connectivity index (χ4n) is 2.19. The predicted octanol–water partition coefficient (Wildman–Crippen LogP) is 1.02. The molecule has 6 heteroatoms. The lowest BCUT2D eigenvalue weighted by Crippen LogP contribution is -2.46. The highest BCUT2D eigenvalue weighted by atomic mass is 16.4. The third-order valence-corrected chi connectivity index (χ3v) is 3.63. The minimum absolute atomic E-state index is 0.200. The number of aromatic nitrogens is 1. The van der Waals surface area contributed by atoms with E-state index in [4.69, 9.17) is 5.11 Å². The second-order valence-corrected chi connectivity index (χ2v) is 5.23. The van der Waals surface area contributed by atoms with E-state index in [0.717, 1.165) is 12.5 Å². The molecule has 1 fully saturated rings. The third-order valence-electron chi connectivity index (χ3n) is 3.63. The number of carbonyl (C=O) groups excluding carboxylic acids is 1. The van der Waals surface area contributed by atoms with Crippen LogP contribution in [0.1, 0.15) is 29.4 Å². The van der Waals surface area contributed by atoms with E-state index in [1.165, 1.54) is 12.3 Å². The highest BCUT2D eigenvalue weighted by molar-refractivity contribution is 5.92. The van der Waals surface area contributed by atoms with Crippen molar-refractivity contribution in [3.8, 4) is 0 Å². The van der Waals surface area contributed by atoms with Gasteiger partial charge in [-0.15, -0.1) is 0 Å². The van der Waals surface area contributed by atoms with Gasteiger partial charge in [0, 0.05) is 25.4 Å². The number of likely N-dealkylation sites (tertiary alicyclic amines) is 1. The Labute approximate surface area is 122 Å². The second kappa shape index (κ2) is 6.49. The second-order valence-electron chi connectivity index (χ2n) is 5.23. The number of hydrogen-bond donors (Lipinski definition) is 2. The molecule has 1 saturated heterocycles. The number of carbonyl (C=O) groups is 2. The molecule has 112 valence electrons. The molecule has 21 heavy (non-hydrogen) atoms. The summed E-state index contributed by atoms with van der Waals surface area (Å²) in [5.41, 5.74) is 0.908. The number of aliphatic carboxylic acids is 1. The number of aliphatic hydroxyl groups excluding tert-OH is 1. The van der Waals surface area contributed by atoms with Gasteiger partial charge in [-0.05, 0) is 30.0 Å². The fraction of sp³-hybridized carbons (Fsp3) is 0.400. The van der Waals surface area contributed by atoms with Crippen molar-refractivity contribution in [1.82, 2.24) is 9.88 Å². The van der Waals surface area contributed by atoms with Crippen LogP contribution < -0.4 is 0 Å². The predicted molar refractivity (Wildman–Crippen MR) is 76.6 cm³/mol. The molecule has 0 bridgehead atoms. The number of hydrogen-bond acceptors (Lipinski definition) is 4. The first kappa shape index (κ1) is 15.2. The molecule has 1 aliphatic rings. The minimum atomic E-state index is -1.04. The Morgan fingerprint density at radius 1 is 1.43 bits per heavy atom. The van der Waals surface area contributed by atoms with Crippen LogP contribution in [0.15, 0.2) is 24.4 Å². The molecule has 0 aliphatic carbocycles. The van der Waals surface area contributed by atoms with Crippen LogP contribution in [0.2, 0.25) is 0 Å². The van der Waals surface area contributed by atoms with Gasteiger partial charge in [0.2, 0.25) is 0 Å². The highest BCUT2D eigenvalue weighted by Gasteiger charge is 2.28. The van der Waals surface area contributed by atoms with Crippen LogP contribution in [0.5, 0.6) is 0 Å². The van der Waals surface area contributed by atoms with E-state index in [9.17, 15) is 14.7 Å². The first-order valence-corrected chi connectivity index (χ1v) is 6.82. The van der Waals surface area contributed by atoms with Crippen LogP contribution in [0.4, 0.5) is 0 Å². The Bertz CT molecular complexity index is 553. The van der Waals surface area contributed by atoms with E-state index in [1.807, 2.05) is 6.92 Å². The molecule has 0 saturated carbocycles. The monoisotopic (exact) mass is 290 g/mol. The number of carboxylic acid groups (broad SMARTS) is 1. The summed E-state index contributed by atoms with van der Waals surface area (Å²) in [5.74, 6) is -1.05. The molecule has 6 nitrogen and oxygen atoms in total. The van der Waals surface area contributed by atoms with Gasteiger partial charge in [0.05, 0.1) is 6.10 Å². The van der Waals surface area contributed by atoms with Crippen LogP contribution >= 0.6 is 0 Å². The van der Waals surface area contributed by atoms with Crippen molar-refractivity contribution in [3.05, 3.63) is 35.7 Å². The van der Waals surface area contributed by atoms with Crippen molar-refractivity contribution in [2.24, 2.45) is 5.92 Å². The Morgan fingerprint density at radius 2 is 2.19 bits per heavy atom.